The summed E-state index contributed by atoms with van der Waals surface area (Å²) in [5, 5.41) is 9.62. The van der Waals surface area contributed by atoms with Crippen LogP contribution in [0.4, 0.5) is 0 Å². The van der Waals surface area contributed by atoms with Crippen LogP contribution < -0.4 is 0 Å². The number of nitrogens with zero attached hydrogens (tertiary/aromatic N) is 1. The molecule has 2 atom stereocenters. The van der Waals surface area contributed by atoms with Gasteiger partial charge in [-0.15, -0.1) is 0 Å². The summed E-state index contributed by atoms with van der Waals surface area (Å²) in [5.74, 6) is -0.0732. The van der Waals surface area contributed by atoms with Gasteiger partial charge in [0.05, 0.1) is 12.6 Å². The summed E-state index contributed by atoms with van der Waals surface area (Å²) in [7, 11) is 0. The van der Waals surface area contributed by atoms with Crippen molar-refractivity contribution in [2.75, 3.05) is 6.61 Å². The van der Waals surface area contributed by atoms with Gasteiger partial charge in [0.25, 0.3) is 0 Å². The van der Waals surface area contributed by atoms with Crippen molar-refractivity contribution in [1.29, 1.82) is 0 Å². The van der Waals surface area contributed by atoms with E-state index in [0.29, 0.717) is 19.4 Å². The van der Waals surface area contributed by atoms with Gasteiger partial charge < -0.3 is 9.84 Å². The van der Waals surface area contributed by atoms with E-state index in [2.05, 4.69) is 0 Å². The summed E-state index contributed by atoms with van der Waals surface area (Å²) in [6, 6.07) is 9.85. The second-order valence-corrected chi connectivity index (χ2v) is 4.16. The van der Waals surface area contributed by atoms with Crippen molar-refractivity contribution >= 4 is 5.91 Å². The van der Waals surface area contributed by atoms with Gasteiger partial charge >= 0.3 is 0 Å². The highest BCUT2D eigenvalue weighted by Gasteiger charge is 2.35. The van der Waals surface area contributed by atoms with Crippen molar-refractivity contribution in [3.05, 3.63) is 35.9 Å². The maximum absolute atomic E-state index is 11.7. The van der Waals surface area contributed by atoms with Gasteiger partial charge in [-0.2, -0.15) is 0 Å². The van der Waals surface area contributed by atoms with Crippen LogP contribution in [0.15, 0.2) is 30.3 Å². The summed E-state index contributed by atoms with van der Waals surface area (Å²) >= 11 is 0. The zero-order valence-corrected chi connectivity index (χ0v) is 9.87. The Labute approximate surface area is 101 Å². The molecule has 1 heterocycles. The molecule has 1 aliphatic rings. The number of ether oxygens (including phenoxy) is 1. The first-order valence-electron chi connectivity index (χ1n) is 5.87. The highest BCUT2D eigenvalue weighted by molar-refractivity contribution is 5.76. The zero-order valence-electron chi connectivity index (χ0n) is 9.87. The van der Waals surface area contributed by atoms with Crippen LogP contribution >= 0.6 is 0 Å². The third-order valence-electron chi connectivity index (χ3n) is 2.97. The molecule has 4 heteroatoms. The third-order valence-corrected chi connectivity index (χ3v) is 2.97. The van der Waals surface area contributed by atoms with Crippen LogP contribution in [0.3, 0.4) is 0 Å². The van der Waals surface area contributed by atoms with E-state index in [0.717, 1.165) is 5.56 Å². The van der Waals surface area contributed by atoms with E-state index >= 15 is 0 Å². The number of carbonyl (C=O) groups excluding carboxylic acids is 1. The van der Waals surface area contributed by atoms with Crippen molar-refractivity contribution in [2.45, 2.75) is 32.2 Å². The van der Waals surface area contributed by atoms with E-state index in [9.17, 15) is 9.90 Å². The standard InChI is InChI=1S/C13H17NO3/c1-2-12(15)14-11(9-17-13(14)16)8-10-6-4-3-5-7-10/h3-7,11,13,16H,2,8-9H2,1H3/t11-,13?/m0/s1. The van der Waals surface area contributed by atoms with E-state index in [1.807, 2.05) is 30.3 Å². The molecular weight excluding hydrogens is 218 g/mol. The Morgan fingerprint density at radius 3 is 2.82 bits per heavy atom. The minimum atomic E-state index is -1.09. The first-order valence-corrected chi connectivity index (χ1v) is 5.87. The molecule has 1 aliphatic heterocycles. The van der Waals surface area contributed by atoms with Gasteiger partial charge in [0.2, 0.25) is 12.3 Å². The Bertz CT molecular complexity index is 380. The number of carbonyl (C=O) groups is 1. The van der Waals surface area contributed by atoms with Gasteiger partial charge in [-0.25, -0.2) is 0 Å². The predicted molar refractivity (Wildman–Crippen MR) is 63.0 cm³/mol. The molecule has 92 valence electrons. The van der Waals surface area contributed by atoms with Crippen LogP contribution in [-0.4, -0.2) is 35.0 Å². The van der Waals surface area contributed by atoms with Crippen LogP contribution in [0.1, 0.15) is 18.9 Å². The molecule has 1 saturated heterocycles. The van der Waals surface area contributed by atoms with Gasteiger partial charge in [0.15, 0.2) is 0 Å². The van der Waals surface area contributed by atoms with Crippen LogP contribution in [-0.2, 0) is 16.0 Å². The Balaban J connectivity index is 2.07. The van der Waals surface area contributed by atoms with Crippen molar-refractivity contribution in [3.63, 3.8) is 0 Å². The van der Waals surface area contributed by atoms with Crippen LogP contribution in [0, 0.1) is 0 Å². The fraction of sp³-hybridized carbons (Fsp3) is 0.462. The van der Waals surface area contributed by atoms with Crippen LogP contribution in [0.2, 0.25) is 0 Å². The quantitative estimate of drug-likeness (QED) is 0.854. The van der Waals surface area contributed by atoms with Crippen molar-refractivity contribution in [2.24, 2.45) is 0 Å². The van der Waals surface area contributed by atoms with E-state index < -0.39 is 6.41 Å². The molecule has 0 bridgehead atoms. The normalized spacial score (nSPS) is 24.0. The fourth-order valence-electron chi connectivity index (χ4n) is 2.09. The lowest BCUT2D eigenvalue weighted by Gasteiger charge is -2.24. The van der Waals surface area contributed by atoms with Gasteiger partial charge in [-0.1, -0.05) is 37.3 Å². The molecule has 1 amide bonds. The Kier molecular flexibility index (Phi) is 3.76. The molecular formula is C13H17NO3. The van der Waals surface area contributed by atoms with Crippen molar-refractivity contribution in [3.8, 4) is 0 Å². The van der Waals surface area contributed by atoms with Gasteiger partial charge in [0, 0.05) is 6.42 Å². The molecule has 0 aliphatic carbocycles. The summed E-state index contributed by atoms with van der Waals surface area (Å²) in [4.78, 5) is 13.1. The van der Waals surface area contributed by atoms with Gasteiger partial charge in [-0.3, -0.25) is 9.69 Å². The Morgan fingerprint density at radius 1 is 1.47 bits per heavy atom. The minimum Gasteiger partial charge on any atom is -0.351 e. The lowest BCUT2D eigenvalue weighted by Crippen LogP contribution is -2.42. The Hall–Kier alpha value is -1.39. The molecule has 1 N–H and O–H groups in total. The van der Waals surface area contributed by atoms with Gasteiger partial charge in [-0.05, 0) is 12.0 Å². The smallest absolute Gasteiger partial charge is 0.240 e. The maximum atomic E-state index is 11.7. The number of rotatable bonds is 3. The van der Waals surface area contributed by atoms with Crippen molar-refractivity contribution < 1.29 is 14.6 Å². The molecule has 1 fully saturated rings. The lowest BCUT2D eigenvalue weighted by molar-refractivity contribution is -0.164. The highest BCUT2D eigenvalue weighted by atomic mass is 16.6. The monoisotopic (exact) mass is 235 g/mol. The van der Waals surface area contributed by atoms with Crippen molar-refractivity contribution in [1.82, 2.24) is 4.90 Å². The molecule has 0 radical (unpaired) electrons. The van der Waals surface area contributed by atoms with Crippen LogP contribution in [0.5, 0.6) is 0 Å². The number of hydrogen-bond acceptors (Lipinski definition) is 3. The minimum absolute atomic E-state index is 0.0696. The number of hydrogen-bond donors (Lipinski definition) is 1. The predicted octanol–water partition coefficient (Wildman–Crippen LogP) is 1.14. The first-order chi connectivity index (χ1) is 8.22. The molecule has 0 aromatic heterocycles. The Morgan fingerprint density at radius 2 is 2.18 bits per heavy atom. The molecule has 4 nitrogen and oxygen atoms in total. The third kappa shape index (κ3) is 2.65. The number of benzene rings is 1. The second kappa shape index (κ2) is 5.29. The average molecular weight is 235 g/mol. The molecule has 17 heavy (non-hydrogen) atoms. The molecule has 1 aromatic rings. The largest absolute Gasteiger partial charge is 0.351 e. The number of aliphatic hydroxyl groups excluding tert-OH is 1. The zero-order chi connectivity index (χ0) is 12.3. The van der Waals surface area contributed by atoms with E-state index in [-0.39, 0.29) is 11.9 Å². The number of amides is 1. The van der Waals surface area contributed by atoms with Crippen LogP contribution in [0.25, 0.3) is 0 Å². The SMILES string of the molecule is CCC(=O)N1C(O)OC[C@@H]1Cc1ccccc1. The summed E-state index contributed by atoms with van der Waals surface area (Å²) in [5.41, 5.74) is 1.14. The molecule has 0 saturated carbocycles. The van der Waals surface area contributed by atoms with Gasteiger partial charge in [0.1, 0.15) is 0 Å². The maximum Gasteiger partial charge on any atom is 0.240 e. The summed E-state index contributed by atoms with van der Waals surface area (Å²) < 4.78 is 5.13. The molecule has 1 aromatic carbocycles. The second-order valence-electron chi connectivity index (χ2n) is 4.16. The summed E-state index contributed by atoms with van der Waals surface area (Å²) in [6.45, 7) is 2.18. The molecule has 0 spiro atoms. The van der Waals surface area contributed by atoms with E-state index in [4.69, 9.17) is 4.74 Å². The molecule has 1 unspecified atom stereocenters. The van der Waals surface area contributed by atoms with E-state index in [1.54, 1.807) is 6.92 Å². The van der Waals surface area contributed by atoms with E-state index in [1.165, 1.54) is 4.90 Å². The lowest BCUT2D eigenvalue weighted by atomic mass is 10.1. The highest BCUT2D eigenvalue weighted by Crippen LogP contribution is 2.20. The first kappa shape index (κ1) is 12.1. The molecule has 2 rings (SSSR count). The fourth-order valence-corrected chi connectivity index (χ4v) is 2.09. The average Bonchev–Trinajstić information content (AvgIpc) is 2.71. The topological polar surface area (TPSA) is 49.8 Å². The number of aliphatic hydroxyl groups is 1. The summed E-state index contributed by atoms with van der Waals surface area (Å²) in [6.07, 6.45) is 0.00572.